The molecular formula is C25H25N5. The first-order chi connectivity index (χ1) is 14.7. The number of hydrogen-bond donors (Lipinski definition) is 2. The monoisotopic (exact) mass is 395 g/mol. The minimum Gasteiger partial charge on any atom is -0.369 e. The number of nitrogens with one attached hydrogen (secondary N) is 1. The molecule has 1 aliphatic heterocycles. The summed E-state index contributed by atoms with van der Waals surface area (Å²) in [6, 6.07) is 21.3. The standard InChI is InChI=1S/C25H25N5/c1-29-11-13-30(14-12-29)16-9-10-21-22(15-16)28-25(27-21)20-8-4-7-19-23(20)17-5-2-3-6-18(17)24(19)26/h2-10,15,24H,11-14,26H2,1H3,(H,27,28)/t24-/m1/s1. The number of aromatic nitrogens is 2. The van der Waals surface area contributed by atoms with E-state index < -0.39 is 0 Å². The summed E-state index contributed by atoms with van der Waals surface area (Å²) in [5.41, 5.74) is 15.8. The zero-order valence-electron chi connectivity index (χ0n) is 17.1. The Morgan fingerprint density at radius 2 is 1.67 bits per heavy atom. The summed E-state index contributed by atoms with van der Waals surface area (Å²) >= 11 is 0. The van der Waals surface area contributed by atoms with E-state index in [-0.39, 0.29) is 6.04 Å². The van der Waals surface area contributed by atoms with Gasteiger partial charge in [0.2, 0.25) is 0 Å². The van der Waals surface area contributed by atoms with Gasteiger partial charge in [-0.2, -0.15) is 0 Å². The molecule has 1 fully saturated rings. The topological polar surface area (TPSA) is 61.2 Å². The number of anilines is 1. The minimum atomic E-state index is -0.0793. The van der Waals surface area contributed by atoms with Crippen LogP contribution in [0.1, 0.15) is 17.2 Å². The second-order valence-electron chi connectivity index (χ2n) is 8.41. The first kappa shape index (κ1) is 17.7. The van der Waals surface area contributed by atoms with Crippen LogP contribution in [0.15, 0.2) is 60.7 Å². The van der Waals surface area contributed by atoms with E-state index >= 15 is 0 Å². The van der Waals surface area contributed by atoms with Crippen molar-refractivity contribution < 1.29 is 0 Å². The van der Waals surface area contributed by atoms with E-state index in [2.05, 4.69) is 82.5 Å². The largest absolute Gasteiger partial charge is 0.369 e. The average Bonchev–Trinajstić information content (AvgIpc) is 3.33. The third-order valence-electron chi connectivity index (χ3n) is 6.59. The number of piperazine rings is 1. The van der Waals surface area contributed by atoms with Gasteiger partial charge in [0.1, 0.15) is 5.82 Å². The van der Waals surface area contributed by atoms with Crippen molar-refractivity contribution >= 4 is 16.7 Å². The molecule has 3 N–H and O–H groups in total. The van der Waals surface area contributed by atoms with Crippen LogP contribution >= 0.6 is 0 Å². The predicted octanol–water partition coefficient (Wildman–Crippen LogP) is 4.01. The van der Waals surface area contributed by atoms with E-state index in [1.165, 1.54) is 27.9 Å². The molecule has 0 radical (unpaired) electrons. The van der Waals surface area contributed by atoms with Crippen molar-refractivity contribution in [2.75, 3.05) is 38.1 Å². The van der Waals surface area contributed by atoms with Crippen LogP contribution in [-0.4, -0.2) is 48.1 Å². The van der Waals surface area contributed by atoms with E-state index in [0.29, 0.717) is 0 Å². The Labute approximate surface area is 176 Å². The number of fused-ring (bicyclic) bond motifs is 4. The van der Waals surface area contributed by atoms with Gasteiger partial charge < -0.3 is 20.5 Å². The Balaban J connectivity index is 1.44. The van der Waals surface area contributed by atoms with Gasteiger partial charge in [-0.25, -0.2) is 4.98 Å². The van der Waals surface area contributed by atoms with Gasteiger partial charge in [0.05, 0.1) is 17.1 Å². The highest BCUT2D eigenvalue weighted by molar-refractivity contribution is 5.92. The van der Waals surface area contributed by atoms with E-state index in [4.69, 9.17) is 10.7 Å². The number of aromatic amines is 1. The fourth-order valence-electron chi connectivity index (χ4n) is 4.88. The number of likely N-dealkylation sites (N-methyl/N-ethyl adjacent to an activating group) is 1. The Morgan fingerprint density at radius 3 is 2.53 bits per heavy atom. The van der Waals surface area contributed by atoms with Crippen molar-refractivity contribution in [3.63, 3.8) is 0 Å². The predicted molar refractivity (Wildman–Crippen MR) is 123 cm³/mol. The fourth-order valence-corrected chi connectivity index (χ4v) is 4.88. The normalized spacial score (nSPS) is 18.6. The molecule has 150 valence electrons. The van der Waals surface area contributed by atoms with Crippen LogP contribution in [0, 0.1) is 0 Å². The Bertz CT molecular complexity index is 1250. The van der Waals surface area contributed by atoms with Crippen LogP contribution < -0.4 is 10.6 Å². The van der Waals surface area contributed by atoms with Gasteiger partial charge in [0.15, 0.2) is 0 Å². The molecule has 0 amide bonds. The number of nitrogens with two attached hydrogens (primary N) is 1. The maximum absolute atomic E-state index is 6.55. The quantitative estimate of drug-likeness (QED) is 0.538. The lowest BCUT2D eigenvalue weighted by Crippen LogP contribution is -2.44. The summed E-state index contributed by atoms with van der Waals surface area (Å²) < 4.78 is 0. The number of H-pyrrole nitrogens is 1. The van der Waals surface area contributed by atoms with Crippen LogP contribution in [0.2, 0.25) is 0 Å². The summed E-state index contributed by atoms with van der Waals surface area (Å²) in [5, 5.41) is 0. The molecule has 4 aromatic rings. The van der Waals surface area contributed by atoms with Crippen molar-refractivity contribution in [3.8, 4) is 22.5 Å². The lowest BCUT2D eigenvalue weighted by atomic mass is 9.99. The fraction of sp³-hybridized carbons (Fsp3) is 0.240. The van der Waals surface area contributed by atoms with Crippen LogP contribution in [0.5, 0.6) is 0 Å². The highest BCUT2D eigenvalue weighted by Gasteiger charge is 2.28. The zero-order chi connectivity index (χ0) is 20.2. The van der Waals surface area contributed by atoms with Gasteiger partial charge in [0.25, 0.3) is 0 Å². The van der Waals surface area contributed by atoms with Crippen molar-refractivity contribution in [3.05, 3.63) is 71.8 Å². The Hall–Kier alpha value is -3.15. The summed E-state index contributed by atoms with van der Waals surface area (Å²) in [6.07, 6.45) is 0. The molecule has 0 saturated carbocycles. The van der Waals surface area contributed by atoms with Crippen LogP contribution in [0.3, 0.4) is 0 Å². The molecule has 5 heteroatoms. The van der Waals surface area contributed by atoms with E-state index in [9.17, 15) is 0 Å². The van der Waals surface area contributed by atoms with Gasteiger partial charge in [-0.15, -0.1) is 0 Å². The molecule has 0 bridgehead atoms. The van der Waals surface area contributed by atoms with Gasteiger partial charge >= 0.3 is 0 Å². The smallest absolute Gasteiger partial charge is 0.139 e. The first-order valence-electron chi connectivity index (χ1n) is 10.6. The number of rotatable bonds is 2. The van der Waals surface area contributed by atoms with Gasteiger partial charge in [-0.1, -0.05) is 42.5 Å². The highest BCUT2D eigenvalue weighted by atomic mass is 15.2. The second-order valence-corrected chi connectivity index (χ2v) is 8.41. The maximum Gasteiger partial charge on any atom is 0.139 e. The molecule has 2 aliphatic rings. The molecule has 1 aliphatic carbocycles. The molecule has 6 rings (SSSR count). The molecule has 1 aromatic heterocycles. The molecule has 0 spiro atoms. The third-order valence-corrected chi connectivity index (χ3v) is 6.59. The number of nitrogens with zero attached hydrogens (tertiary/aromatic N) is 3. The molecule has 3 aromatic carbocycles. The number of hydrogen-bond acceptors (Lipinski definition) is 4. The van der Waals surface area contributed by atoms with Crippen molar-refractivity contribution in [2.24, 2.45) is 5.73 Å². The second kappa shape index (κ2) is 6.69. The molecule has 2 heterocycles. The van der Waals surface area contributed by atoms with Gasteiger partial charge in [-0.3, -0.25) is 0 Å². The van der Waals surface area contributed by atoms with Crippen LogP contribution in [-0.2, 0) is 0 Å². The number of imidazole rings is 1. The summed E-state index contributed by atoms with van der Waals surface area (Å²) in [7, 11) is 2.18. The first-order valence-corrected chi connectivity index (χ1v) is 10.6. The van der Waals surface area contributed by atoms with Gasteiger partial charge in [0, 0.05) is 37.4 Å². The van der Waals surface area contributed by atoms with E-state index in [0.717, 1.165) is 48.6 Å². The zero-order valence-corrected chi connectivity index (χ0v) is 17.1. The van der Waals surface area contributed by atoms with Crippen molar-refractivity contribution in [1.82, 2.24) is 14.9 Å². The Kier molecular flexibility index (Phi) is 3.94. The molecule has 1 saturated heterocycles. The van der Waals surface area contributed by atoms with E-state index in [1.54, 1.807) is 0 Å². The lowest BCUT2D eigenvalue weighted by molar-refractivity contribution is 0.313. The summed E-state index contributed by atoms with van der Waals surface area (Å²) in [6.45, 7) is 4.32. The average molecular weight is 396 g/mol. The van der Waals surface area contributed by atoms with Crippen molar-refractivity contribution in [2.45, 2.75) is 6.04 Å². The van der Waals surface area contributed by atoms with Crippen LogP contribution in [0.25, 0.3) is 33.5 Å². The summed E-state index contributed by atoms with van der Waals surface area (Å²) in [4.78, 5) is 13.4. The Morgan fingerprint density at radius 1 is 0.900 bits per heavy atom. The summed E-state index contributed by atoms with van der Waals surface area (Å²) in [5.74, 6) is 0.904. The molecular weight excluding hydrogens is 370 g/mol. The van der Waals surface area contributed by atoms with Crippen molar-refractivity contribution in [1.29, 1.82) is 0 Å². The maximum atomic E-state index is 6.55. The molecule has 1 atom stereocenters. The number of benzene rings is 3. The van der Waals surface area contributed by atoms with Crippen LogP contribution in [0.4, 0.5) is 5.69 Å². The third kappa shape index (κ3) is 2.66. The van der Waals surface area contributed by atoms with E-state index in [1.807, 2.05) is 0 Å². The minimum absolute atomic E-state index is 0.0793. The van der Waals surface area contributed by atoms with Gasteiger partial charge in [-0.05, 0) is 47.5 Å². The molecule has 30 heavy (non-hydrogen) atoms. The molecule has 0 unspecified atom stereocenters. The SMILES string of the molecule is CN1CCN(c2ccc3nc(-c4cccc5c4-c4ccccc4[C@H]5N)[nH]c3c2)CC1. The lowest BCUT2D eigenvalue weighted by Gasteiger charge is -2.34. The molecule has 5 nitrogen and oxygen atoms in total. The highest BCUT2D eigenvalue weighted by Crippen LogP contribution is 2.46.